The number of furan rings is 1. The van der Waals surface area contributed by atoms with Crippen LogP contribution in [0.3, 0.4) is 0 Å². The van der Waals surface area contributed by atoms with Gasteiger partial charge in [0.1, 0.15) is 11.3 Å². The minimum atomic E-state index is 0.0267. The van der Waals surface area contributed by atoms with E-state index in [-0.39, 0.29) is 5.41 Å². The van der Waals surface area contributed by atoms with Crippen LogP contribution in [0.1, 0.15) is 51.5 Å². The number of para-hydroxylation sites is 1. The van der Waals surface area contributed by atoms with Crippen LogP contribution in [0.5, 0.6) is 0 Å². The van der Waals surface area contributed by atoms with Crippen molar-refractivity contribution in [2.75, 3.05) is 5.32 Å². The Morgan fingerprint density at radius 1 is 0.919 bits per heavy atom. The summed E-state index contributed by atoms with van der Waals surface area (Å²) in [6.07, 6.45) is 12.2. The number of fused-ring (bicyclic) bond motifs is 5. The van der Waals surface area contributed by atoms with Gasteiger partial charge in [0.15, 0.2) is 0 Å². The molecule has 0 aliphatic heterocycles. The highest BCUT2D eigenvalue weighted by Crippen LogP contribution is 2.41. The first-order valence-corrected chi connectivity index (χ1v) is 12.8. The molecule has 1 N–H and O–H groups in total. The number of hydrogen-bond donors (Lipinski definition) is 1. The fourth-order valence-corrected chi connectivity index (χ4v) is 4.98. The van der Waals surface area contributed by atoms with Crippen LogP contribution in [0, 0.1) is 0 Å². The van der Waals surface area contributed by atoms with Crippen molar-refractivity contribution < 1.29 is 4.42 Å². The molecule has 37 heavy (non-hydrogen) atoms. The first-order chi connectivity index (χ1) is 17.9. The Hall–Kier alpha value is -4.24. The number of anilines is 1. The fourth-order valence-electron chi connectivity index (χ4n) is 4.98. The molecule has 0 fully saturated rings. The highest BCUT2D eigenvalue weighted by Gasteiger charge is 2.22. The summed E-state index contributed by atoms with van der Waals surface area (Å²) in [5, 5.41) is 6.86. The summed E-state index contributed by atoms with van der Waals surface area (Å²) >= 11 is 0. The molecule has 0 saturated carbocycles. The zero-order valence-electron chi connectivity index (χ0n) is 22.3. The average molecular weight is 487 g/mol. The molecule has 0 aliphatic carbocycles. The van der Waals surface area contributed by atoms with Crippen molar-refractivity contribution in [1.29, 1.82) is 0 Å². The standard InChI is InChI=1S/C34H34N2O/c1-7-13-25(22-35-24-15-11-10-12-16-24)36-29-19-17-23(34(4,5)6)21-28(29)32-30(36)20-18-27-26(9-3)31(14-8-2)37-33(27)32/h7-22,35H,3H2,1-2,4-6H3/b13-7-,14-8-,25-22+. The number of allylic oxidation sites excluding steroid dienone is 4. The zero-order valence-corrected chi connectivity index (χ0v) is 22.3. The second kappa shape index (κ2) is 9.67. The molecule has 0 radical (unpaired) electrons. The molecule has 0 saturated heterocycles. The molecule has 0 atom stereocenters. The van der Waals surface area contributed by atoms with Gasteiger partial charge in [-0.25, -0.2) is 0 Å². The van der Waals surface area contributed by atoms with Crippen molar-refractivity contribution in [2.45, 2.75) is 40.0 Å². The lowest BCUT2D eigenvalue weighted by atomic mass is 9.86. The number of benzene rings is 3. The monoisotopic (exact) mass is 486 g/mol. The van der Waals surface area contributed by atoms with Crippen LogP contribution in [0.4, 0.5) is 5.69 Å². The van der Waals surface area contributed by atoms with E-state index >= 15 is 0 Å². The SMILES string of the molecule is C=Cc1c(/C=C\C)oc2c1ccc1c2c2cc(C(C)(C)C)ccc2n1C(/C=C\C)=C/Nc1ccccc1. The highest BCUT2D eigenvalue weighted by atomic mass is 16.3. The van der Waals surface area contributed by atoms with Crippen LogP contribution >= 0.6 is 0 Å². The summed E-state index contributed by atoms with van der Waals surface area (Å²) in [6.45, 7) is 14.9. The molecule has 0 aliphatic rings. The van der Waals surface area contributed by atoms with E-state index in [9.17, 15) is 0 Å². The van der Waals surface area contributed by atoms with Crippen molar-refractivity contribution in [1.82, 2.24) is 4.57 Å². The molecule has 186 valence electrons. The predicted octanol–water partition coefficient (Wildman–Crippen LogP) is 10.0. The number of nitrogens with zero attached hydrogens (tertiary/aromatic N) is 1. The lowest BCUT2D eigenvalue weighted by Gasteiger charge is -2.19. The normalized spacial score (nSPS) is 13.1. The van der Waals surface area contributed by atoms with Crippen LogP contribution in [-0.2, 0) is 5.41 Å². The van der Waals surface area contributed by atoms with Gasteiger partial charge in [-0.05, 0) is 73.4 Å². The molecule has 2 heterocycles. The summed E-state index contributed by atoms with van der Waals surface area (Å²) in [7, 11) is 0. The molecular formula is C34H34N2O. The summed E-state index contributed by atoms with van der Waals surface area (Å²) in [5.74, 6) is 0.836. The van der Waals surface area contributed by atoms with E-state index in [1.165, 1.54) is 10.9 Å². The lowest BCUT2D eigenvalue weighted by molar-refractivity contribution is 0.591. The summed E-state index contributed by atoms with van der Waals surface area (Å²) in [4.78, 5) is 0. The largest absolute Gasteiger partial charge is 0.455 e. The Morgan fingerprint density at radius 3 is 2.35 bits per heavy atom. The second-order valence-electron chi connectivity index (χ2n) is 10.3. The molecule has 5 aromatic rings. The number of hydrogen-bond acceptors (Lipinski definition) is 2. The van der Waals surface area contributed by atoms with Crippen LogP contribution in [-0.4, -0.2) is 4.57 Å². The van der Waals surface area contributed by atoms with Gasteiger partial charge in [0.2, 0.25) is 0 Å². The molecule has 5 rings (SSSR count). The summed E-state index contributed by atoms with van der Waals surface area (Å²) in [5.41, 5.74) is 7.56. The van der Waals surface area contributed by atoms with E-state index in [0.29, 0.717) is 0 Å². The molecular weight excluding hydrogens is 452 g/mol. The molecule has 3 nitrogen and oxygen atoms in total. The maximum Gasteiger partial charge on any atom is 0.145 e. The summed E-state index contributed by atoms with van der Waals surface area (Å²) in [6, 6.07) is 21.4. The van der Waals surface area contributed by atoms with Gasteiger partial charge in [0, 0.05) is 28.2 Å². The third-order valence-electron chi connectivity index (χ3n) is 6.80. The van der Waals surface area contributed by atoms with Gasteiger partial charge < -0.3 is 14.3 Å². The molecule has 3 aromatic carbocycles. The predicted molar refractivity (Wildman–Crippen MR) is 162 cm³/mol. The van der Waals surface area contributed by atoms with E-state index in [1.54, 1.807) is 0 Å². The molecule has 0 bridgehead atoms. The molecule has 0 spiro atoms. The smallest absolute Gasteiger partial charge is 0.145 e. The van der Waals surface area contributed by atoms with Crippen LogP contribution in [0.15, 0.2) is 96.1 Å². The third-order valence-corrected chi connectivity index (χ3v) is 6.80. The number of nitrogens with one attached hydrogen (secondary N) is 1. The van der Waals surface area contributed by atoms with Gasteiger partial charge in [-0.2, -0.15) is 0 Å². The maximum atomic E-state index is 6.54. The maximum absolute atomic E-state index is 6.54. The topological polar surface area (TPSA) is 30.1 Å². The lowest BCUT2D eigenvalue weighted by Crippen LogP contribution is -2.10. The van der Waals surface area contributed by atoms with Crippen LogP contribution in [0.2, 0.25) is 0 Å². The highest BCUT2D eigenvalue weighted by molar-refractivity contribution is 6.21. The van der Waals surface area contributed by atoms with Crippen molar-refractivity contribution in [2.24, 2.45) is 0 Å². The second-order valence-corrected chi connectivity index (χ2v) is 10.3. The molecule has 0 unspecified atom stereocenters. The average Bonchev–Trinajstić information content (AvgIpc) is 3.41. The minimum Gasteiger partial charge on any atom is -0.455 e. The Labute approximate surface area is 219 Å². The number of aromatic nitrogens is 1. The number of rotatable bonds is 6. The van der Waals surface area contributed by atoms with Crippen LogP contribution in [0.25, 0.3) is 50.6 Å². The van der Waals surface area contributed by atoms with E-state index in [0.717, 1.165) is 50.1 Å². The van der Waals surface area contributed by atoms with E-state index < -0.39 is 0 Å². The Balaban J connectivity index is 1.88. The Morgan fingerprint density at radius 2 is 1.68 bits per heavy atom. The first-order valence-electron chi connectivity index (χ1n) is 12.8. The Bertz CT molecular complexity index is 1700. The van der Waals surface area contributed by atoms with Gasteiger partial charge in [-0.15, -0.1) is 0 Å². The molecule has 0 amide bonds. The third kappa shape index (κ3) is 4.31. The van der Waals surface area contributed by atoms with Gasteiger partial charge in [-0.1, -0.05) is 69.8 Å². The molecule has 2 aromatic heterocycles. The van der Waals surface area contributed by atoms with Crippen LogP contribution < -0.4 is 5.32 Å². The van der Waals surface area contributed by atoms with Crippen molar-refractivity contribution >= 4 is 56.3 Å². The molecule has 3 heteroatoms. The van der Waals surface area contributed by atoms with E-state index in [1.807, 2.05) is 50.3 Å². The van der Waals surface area contributed by atoms with Gasteiger partial charge >= 0.3 is 0 Å². The van der Waals surface area contributed by atoms with E-state index in [2.05, 4.69) is 98.1 Å². The quantitative estimate of drug-likeness (QED) is 0.242. The van der Waals surface area contributed by atoms with Gasteiger partial charge in [-0.3, -0.25) is 0 Å². The van der Waals surface area contributed by atoms with Gasteiger partial charge in [0.25, 0.3) is 0 Å². The first kappa shape index (κ1) is 24.5. The van der Waals surface area contributed by atoms with Crippen molar-refractivity contribution in [3.05, 3.63) is 109 Å². The summed E-state index contributed by atoms with van der Waals surface area (Å²) < 4.78 is 8.85. The van der Waals surface area contributed by atoms with E-state index in [4.69, 9.17) is 4.42 Å². The van der Waals surface area contributed by atoms with Gasteiger partial charge in [0.05, 0.1) is 22.1 Å². The minimum absolute atomic E-state index is 0.0267. The van der Waals surface area contributed by atoms with Crippen molar-refractivity contribution in [3.63, 3.8) is 0 Å². The Kier molecular flexibility index (Phi) is 6.39. The van der Waals surface area contributed by atoms with Crippen molar-refractivity contribution in [3.8, 4) is 0 Å². The zero-order chi connectivity index (χ0) is 26.2. The fraction of sp³-hybridized carbons (Fsp3) is 0.176.